The summed E-state index contributed by atoms with van der Waals surface area (Å²) in [6.45, 7) is 6.88. The molecule has 0 N–H and O–H groups in total. The molecule has 2 heterocycles. The smallest absolute Gasteiger partial charge is 0.238 e. The number of carbonyl (C=O) groups excluding carboxylic acids is 1. The van der Waals surface area contributed by atoms with Gasteiger partial charge < -0.3 is 9.42 Å². The Kier molecular flexibility index (Phi) is 5.06. The van der Waals surface area contributed by atoms with Crippen molar-refractivity contribution in [2.24, 2.45) is 0 Å². The summed E-state index contributed by atoms with van der Waals surface area (Å²) < 4.78 is 14.0. The van der Waals surface area contributed by atoms with E-state index in [4.69, 9.17) is 16.1 Å². The van der Waals surface area contributed by atoms with Crippen molar-refractivity contribution in [3.8, 4) is 0 Å². The van der Waals surface area contributed by atoms with Gasteiger partial charge >= 0.3 is 0 Å². The highest BCUT2D eigenvalue weighted by molar-refractivity contribution is 7.00. The van der Waals surface area contributed by atoms with Crippen LogP contribution in [-0.4, -0.2) is 30.6 Å². The number of nitrogens with zero attached hydrogens (tertiary/aromatic N) is 4. The minimum absolute atomic E-state index is 0.0880. The molecule has 1 amide bonds. The molecule has 0 spiro atoms. The molecule has 0 unspecified atom stereocenters. The number of amides is 1. The lowest BCUT2D eigenvalue weighted by atomic mass is 9.93. The van der Waals surface area contributed by atoms with Gasteiger partial charge in [0.2, 0.25) is 5.91 Å². The summed E-state index contributed by atoms with van der Waals surface area (Å²) in [5.41, 5.74) is 3.15. The van der Waals surface area contributed by atoms with Crippen molar-refractivity contribution >= 4 is 40.3 Å². The van der Waals surface area contributed by atoms with Crippen molar-refractivity contribution in [2.45, 2.75) is 39.3 Å². The molecule has 2 aromatic heterocycles. The topological polar surface area (TPSA) is 72.1 Å². The maximum absolute atomic E-state index is 12.3. The average molecular weight is 379 g/mol. The Morgan fingerprint density at radius 1 is 1.28 bits per heavy atom. The van der Waals surface area contributed by atoms with Crippen molar-refractivity contribution < 1.29 is 9.32 Å². The molecule has 1 aromatic carbocycles. The van der Waals surface area contributed by atoms with Crippen LogP contribution in [0.5, 0.6) is 0 Å². The molecular weight excluding hydrogens is 360 g/mol. The second-order valence-corrected chi connectivity index (χ2v) is 7.66. The first-order valence-electron chi connectivity index (χ1n) is 7.88. The quantitative estimate of drug-likeness (QED) is 0.632. The molecule has 0 radical (unpaired) electrons. The van der Waals surface area contributed by atoms with Gasteiger partial charge in [-0.1, -0.05) is 38.1 Å². The van der Waals surface area contributed by atoms with Crippen LogP contribution in [-0.2, 0) is 23.3 Å². The van der Waals surface area contributed by atoms with Gasteiger partial charge in [0.05, 0.1) is 18.3 Å². The third-order valence-corrected chi connectivity index (χ3v) is 4.62. The maximum atomic E-state index is 12.3. The molecule has 6 nitrogen and oxygen atoms in total. The normalized spacial score (nSPS) is 11.8. The number of alkyl halides is 1. The zero-order valence-corrected chi connectivity index (χ0v) is 15.9. The molecule has 0 saturated heterocycles. The van der Waals surface area contributed by atoms with Gasteiger partial charge in [0, 0.05) is 23.6 Å². The van der Waals surface area contributed by atoms with Crippen molar-refractivity contribution in [2.75, 3.05) is 5.88 Å². The number of aromatic nitrogens is 3. The van der Waals surface area contributed by atoms with Gasteiger partial charge in [-0.25, -0.2) is 0 Å². The molecule has 0 aliphatic rings. The molecular formula is C17H19ClN4O2S. The third kappa shape index (κ3) is 3.99. The fraction of sp³-hybridized carbons (Fsp3) is 0.412. The fourth-order valence-electron chi connectivity index (χ4n) is 2.45. The maximum Gasteiger partial charge on any atom is 0.238 e. The number of fused-ring (bicyclic) bond motifs is 1. The summed E-state index contributed by atoms with van der Waals surface area (Å²) >= 11 is 6.95. The average Bonchev–Trinajstić information content (AvgIpc) is 3.22. The molecule has 132 valence electrons. The highest BCUT2D eigenvalue weighted by Crippen LogP contribution is 2.24. The molecule has 0 aliphatic carbocycles. The lowest BCUT2D eigenvalue weighted by molar-refractivity contribution is -0.129. The molecule has 0 aliphatic heterocycles. The Morgan fingerprint density at radius 2 is 2.08 bits per heavy atom. The minimum atomic E-state index is -0.165. The van der Waals surface area contributed by atoms with Crippen LogP contribution in [0.15, 0.2) is 28.8 Å². The molecule has 3 aromatic rings. The number of halogens is 1. The minimum Gasteiger partial charge on any atom is -0.361 e. The summed E-state index contributed by atoms with van der Waals surface area (Å²) in [6.07, 6.45) is 0. The van der Waals surface area contributed by atoms with Crippen molar-refractivity contribution in [1.82, 2.24) is 18.8 Å². The number of benzene rings is 1. The first-order valence-corrected chi connectivity index (χ1v) is 9.15. The summed E-state index contributed by atoms with van der Waals surface area (Å²) in [4.78, 5) is 14.0. The zero-order valence-electron chi connectivity index (χ0n) is 14.3. The van der Waals surface area contributed by atoms with Crippen molar-refractivity contribution in [1.29, 1.82) is 0 Å². The summed E-state index contributed by atoms with van der Waals surface area (Å²) in [5.74, 6) is 0.531. The van der Waals surface area contributed by atoms with E-state index in [2.05, 4.69) is 34.7 Å². The number of rotatable bonds is 5. The van der Waals surface area contributed by atoms with E-state index in [-0.39, 0.29) is 17.2 Å². The Balaban J connectivity index is 1.84. The standard InChI is InChI=1S/C17H19ClN4O2S/c1-17(2,3)14-7-12(19-24-14)10-22(15(23)8-18)9-11-5-4-6-13-16(11)21-25-20-13/h4-7H,8-10H2,1-3H3. The number of carbonyl (C=O) groups is 1. The molecule has 3 rings (SSSR count). The van der Waals surface area contributed by atoms with Crippen LogP contribution in [0.4, 0.5) is 0 Å². The second-order valence-electron chi connectivity index (χ2n) is 6.87. The van der Waals surface area contributed by atoms with Gasteiger partial charge in [-0.15, -0.1) is 11.6 Å². The third-order valence-electron chi connectivity index (χ3n) is 3.85. The van der Waals surface area contributed by atoms with Crippen molar-refractivity contribution in [3.05, 3.63) is 41.3 Å². The van der Waals surface area contributed by atoms with Crippen LogP contribution >= 0.6 is 23.3 Å². The predicted molar refractivity (Wildman–Crippen MR) is 97.6 cm³/mol. The Bertz CT molecular complexity index is 884. The predicted octanol–water partition coefficient (Wildman–Crippen LogP) is 3.74. The van der Waals surface area contributed by atoms with E-state index in [1.54, 1.807) is 4.90 Å². The number of hydrogen-bond donors (Lipinski definition) is 0. The molecule has 0 atom stereocenters. The fourth-order valence-corrected chi connectivity index (χ4v) is 3.18. The Morgan fingerprint density at radius 3 is 2.76 bits per heavy atom. The molecule has 8 heteroatoms. The van der Waals surface area contributed by atoms with Crippen LogP contribution in [0.25, 0.3) is 11.0 Å². The van der Waals surface area contributed by atoms with Crippen LogP contribution in [0.2, 0.25) is 0 Å². The van der Waals surface area contributed by atoms with Gasteiger partial charge in [0.15, 0.2) is 0 Å². The van der Waals surface area contributed by atoms with Crippen LogP contribution in [0.1, 0.15) is 37.8 Å². The van der Waals surface area contributed by atoms with E-state index >= 15 is 0 Å². The largest absolute Gasteiger partial charge is 0.361 e. The van der Waals surface area contributed by atoms with Gasteiger partial charge in [0.25, 0.3) is 0 Å². The van der Waals surface area contributed by atoms with Gasteiger partial charge in [-0.05, 0) is 6.07 Å². The van der Waals surface area contributed by atoms with Gasteiger partial charge in [-0.3, -0.25) is 4.79 Å². The highest BCUT2D eigenvalue weighted by atomic mass is 35.5. The Hall–Kier alpha value is -1.99. The highest BCUT2D eigenvalue weighted by Gasteiger charge is 2.22. The molecule has 25 heavy (non-hydrogen) atoms. The van der Waals surface area contributed by atoms with E-state index in [0.717, 1.165) is 34.1 Å². The van der Waals surface area contributed by atoms with Crippen LogP contribution in [0.3, 0.4) is 0 Å². The van der Waals surface area contributed by atoms with E-state index < -0.39 is 0 Å². The van der Waals surface area contributed by atoms with Gasteiger partial charge in [0.1, 0.15) is 28.4 Å². The second kappa shape index (κ2) is 7.09. The number of hydrogen-bond acceptors (Lipinski definition) is 6. The first kappa shape index (κ1) is 17.8. The van der Waals surface area contributed by atoms with E-state index in [1.165, 1.54) is 0 Å². The summed E-state index contributed by atoms with van der Waals surface area (Å²) in [6, 6.07) is 7.65. The first-order chi connectivity index (χ1) is 11.9. The lowest BCUT2D eigenvalue weighted by Gasteiger charge is -2.20. The molecule has 0 saturated carbocycles. The SMILES string of the molecule is CC(C)(C)c1cc(CN(Cc2cccc3nsnc23)C(=O)CCl)no1. The van der Waals surface area contributed by atoms with Gasteiger partial charge in [-0.2, -0.15) is 8.75 Å². The Labute approximate surface area is 155 Å². The van der Waals surface area contributed by atoms with E-state index in [1.807, 2.05) is 24.3 Å². The summed E-state index contributed by atoms with van der Waals surface area (Å²) in [7, 11) is 0. The molecule has 0 fully saturated rings. The van der Waals surface area contributed by atoms with Crippen LogP contribution < -0.4 is 0 Å². The molecule has 0 bridgehead atoms. The summed E-state index contributed by atoms with van der Waals surface area (Å²) in [5, 5.41) is 4.10. The van der Waals surface area contributed by atoms with E-state index in [9.17, 15) is 4.79 Å². The monoisotopic (exact) mass is 378 g/mol. The van der Waals surface area contributed by atoms with Crippen LogP contribution in [0, 0.1) is 0 Å². The van der Waals surface area contributed by atoms with Crippen molar-refractivity contribution in [3.63, 3.8) is 0 Å². The van der Waals surface area contributed by atoms with E-state index in [0.29, 0.717) is 18.8 Å². The lowest BCUT2D eigenvalue weighted by Crippen LogP contribution is -2.31. The zero-order chi connectivity index (χ0) is 18.0.